The lowest BCUT2D eigenvalue weighted by molar-refractivity contribution is 0.792. The van der Waals surface area contributed by atoms with Crippen molar-refractivity contribution >= 4 is 17.1 Å². The molecule has 0 aliphatic heterocycles. The second-order valence-electron chi connectivity index (χ2n) is 4.62. The minimum Gasteiger partial charge on any atom is -0.369 e. The molecule has 3 aromatic heterocycles. The average molecular weight is 253 g/mol. The molecule has 0 aliphatic carbocycles. The van der Waals surface area contributed by atoms with Gasteiger partial charge in [-0.3, -0.25) is 9.55 Å². The molecule has 0 fully saturated rings. The molecule has 0 saturated heterocycles. The summed E-state index contributed by atoms with van der Waals surface area (Å²) >= 11 is 0. The number of nitrogens with two attached hydrogens (primary N) is 1. The number of fused-ring (bicyclic) bond motifs is 1. The third kappa shape index (κ3) is 2.03. The summed E-state index contributed by atoms with van der Waals surface area (Å²) < 4.78 is 1.90. The first-order valence-electron chi connectivity index (χ1n) is 6.15. The van der Waals surface area contributed by atoms with Gasteiger partial charge in [-0.2, -0.15) is 0 Å². The summed E-state index contributed by atoms with van der Waals surface area (Å²) in [6.07, 6.45) is 1.79. The zero-order valence-corrected chi connectivity index (χ0v) is 11.0. The Morgan fingerprint density at radius 1 is 1.16 bits per heavy atom. The summed E-state index contributed by atoms with van der Waals surface area (Å²) in [4.78, 5) is 13.2. The summed E-state index contributed by atoms with van der Waals surface area (Å²) in [5.74, 6) is 0.471. The molecule has 0 amide bonds. The number of rotatable bonds is 2. The first kappa shape index (κ1) is 11.6. The molecule has 5 nitrogen and oxygen atoms in total. The molecular weight excluding hydrogens is 238 g/mol. The Balaban J connectivity index is 2.12. The third-order valence-corrected chi connectivity index (χ3v) is 3.19. The van der Waals surface area contributed by atoms with Crippen LogP contribution in [0.15, 0.2) is 30.5 Å². The Morgan fingerprint density at radius 3 is 2.79 bits per heavy atom. The van der Waals surface area contributed by atoms with Gasteiger partial charge in [-0.05, 0) is 37.6 Å². The number of pyridine rings is 2. The number of anilines is 1. The van der Waals surface area contributed by atoms with Crippen molar-refractivity contribution in [1.29, 1.82) is 0 Å². The van der Waals surface area contributed by atoms with Gasteiger partial charge in [0.05, 0.1) is 12.2 Å². The maximum absolute atomic E-state index is 5.99. The number of nitrogen functional groups attached to an aromatic ring is 1. The van der Waals surface area contributed by atoms with E-state index in [2.05, 4.69) is 15.0 Å². The maximum Gasteiger partial charge on any atom is 0.202 e. The van der Waals surface area contributed by atoms with Crippen LogP contribution < -0.4 is 5.73 Å². The number of hydrogen-bond donors (Lipinski definition) is 1. The predicted molar refractivity (Wildman–Crippen MR) is 74.8 cm³/mol. The van der Waals surface area contributed by atoms with Crippen molar-refractivity contribution in [1.82, 2.24) is 19.5 Å². The summed E-state index contributed by atoms with van der Waals surface area (Å²) in [6.45, 7) is 4.58. The highest BCUT2D eigenvalue weighted by atomic mass is 15.2. The van der Waals surface area contributed by atoms with Gasteiger partial charge in [0.25, 0.3) is 0 Å². The molecule has 19 heavy (non-hydrogen) atoms. The van der Waals surface area contributed by atoms with Crippen molar-refractivity contribution in [2.45, 2.75) is 20.4 Å². The Hall–Kier alpha value is -2.43. The van der Waals surface area contributed by atoms with Crippen LogP contribution in [0, 0.1) is 13.8 Å². The van der Waals surface area contributed by atoms with Crippen LogP contribution >= 0.6 is 0 Å². The molecule has 0 radical (unpaired) electrons. The lowest BCUT2D eigenvalue weighted by Crippen LogP contribution is -2.08. The van der Waals surface area contributed by atoms with Crippen LogP contribution in [-0.4, -0.2) is 19.5 Å². The van der Waals surface area contributed by atoms with Gasteiger partial charge >= 0.3 is 0 Å². The zero-order valence-electron chi connectivity index (χ0n) is 11.0. The Bertz CT molecular complexity index is 745. The van der Waals surface area contributed by atoms with Crippen LogP contribution in [0.1, 0.15) is 17.0 Å². The van der Waals surface area contributed by atoms with Crippen molar-refractivity contribution in [2.75, 3.05) is 5.73 Å². The van der Waals surface area contributed by atoms with Crippen LogP contribution in [0.3, 0.4) is 0 Å². The fourth-order valence-electron chi connectivity index (χ4n) is 2.10. The molecule has 96 valence electrons. The average Bonchev–Trinajstić information content (AvgIpc) is 2.69. The summed E-state index contributed by atoms with van der Waals surface area (Å²) in [6, 6.07) is 7.84. The highest BCUT2D eigenvalue weighted by Crippen LogP contribution is 2.18. The fourth-order valence-corrected chi connectivity index (χ4v) is 2.10. The SMILES string of the molecule is Cc1ccc2nc(N)n(Cc3ncccc3C)c2n1. The van der Waals surface area contributed by atoms with E-state index in [-0.39, 0.29) is 0 Å². The second kappa shape index (κ2) is 4.35. The Morgan fingerprint density at radius 2 is 2.00 bits per heavy atom. The van der Waals surface area contributed by atoms with E-state index in [1.807, 2.05) is 42.7 Å². The van der Waals surface area contributed by atoms with E-state index >= 15 is 0 Å². The molecule has 0 aromatic carbocycles. The van der Waals surface area contributed by atoms with Gasteiger partial charge in [0, 0.05) is 11.9 Å². The highest BCUT2D eigenvalue weighted by Gasteiger charge is 2.11. The maximum atomic E-state index is 5.99. The van der Waals surface area contributed by atoms with Crippen molar-refractivity contribution in [2.24, 2.45) is 0 Å². The molecule has 5 heteroatoms. The molecule has 0 unspecified atom stereocenters. The summed E-state index contributed by atoms with van der Waals surface area (Å²) in [5.41, 5.74) is 10.7. The van der Waals surface area contributed by atoms with Crippen LogP contribution in [0.4, 0.5) is 5.95 Å². The number of aryl methyl sites for hydroxylation is 2. The number of aromatic nitrogens is 4. The van der Waals surface area contributed by atoms with E-state index in [0.29, 0.717) is 12.5 Å². The van der Waals surface area contributed by atoms with Gasteiger partial charge in [0.2, 0.25) is 5.95 Å². The Labute approximate surface area is 111 Å². The Kier molecular flexibility index (Phi) is 2.67. The molecule has 3 aromatic rings. The topological polar surface area (TPSA) is 69.6 Å². The highest BCUT2D eigenvalue weighted by molar-refractivity contribution is 5.74. The molecule has 0 bridgehead atoms. The minimum atomic E-state index is 0.471. The van der Waals surface area contributed by atoms with Gasteiger partial charge in [0.15, 0.2) is 5.65 Å². The van der Waals surface area contributed by atoms with Crippen LogP contribution in [0.25, 0.3) is 11.2 Å². The standard InChI is InChI=1S/C14H15N5/c1-9-4-3-7-16-12(9)8-19-13-11(18-14(19)15)6-5-10(2)17-13/h3-7H,8H2,1-2H3,(H2,15,18). The van der Waals surface area contributed by atoms with E-state index in [0.717, 1.165) is 28.1 Å². The van der Waals surface area contributed by atoms with E-state index in [4.69, 9.17) is 5.73 Å². The monoisotopic (exact) mass is 253 g/mol. The first-order chi connectivity index (χ1) is 9.15. The second-order valence-corrected chi connectivity index (χ2v) is 4.62. The molecule has 3 heterocycles. The molecule has 0 atom stereocenters. The predicted octanol–water partition coefficient (Wildman–Crippen LogP) is 2.07. The molecule has 0 saturated carbocycles. The molecule has 2 N–H and O–H groups in total. The van der Waals surface area contributed by atoms with Crippen LogP contribution in [-0.2, 0) is 6.54 Å². The normalized spacial score (nSPS) is 11.1. The quantitative estimate of drug-likeness (QED) is 0.759. The van der Waals surface area contributed by atoms with Crippen molar-refractivity contribution in [3.63, 3.8) is 0 Å². The zero-order chi connectivity index (χ0) is 13.4. The van der Waals surface area contributed by atoms with Gasteiger partial charge < -0.3 is 5.73 Å². The van der Waals surface area contributed by atoms with Crippen LogP contribution in [0.2, 0.25) is 0 Å². The number of nitrogens with zero attached hydrogens (tertiary/aromatic N) is 4. The smallest absolute Gasteiger partial charge is 0.202 e. The van der Waals surface area contributed by atoms with Crippen LogP contribution in [0.5, 0.6) is 0 Å². The lowest BCUT2D eigenvalue weighted by Gasteiger charge is -2.07. The lowest BCUT2D eigenvalue weighted by atomic mass is 10.2. The van der Waals surface area contributed by atoms with E-state index in [9.17, 15) is 0 Å². The summed E-state index contributed by atoms with van der Waals surface area (Å²) in [7, 11) is 0. The largest absolute Gasteiger partial charge is 0.369 e. The minimum absolute atomic E-state index is 0.471. The fraction of sp³-hybridized carbons (Fsp3) is 0.214. The van der Waals surface area contributed by atoms with Gasteiger partial charge in [-0.1, -0.05) is 6.07 Å². The molecular formula is C14H15N5. The van der Waals surface area contributed by atoms with Gasteiger partial charge in [0.1, 0.15) is 5.52 Å². The van der Waals surface area contributed by atoms with Gasteiger partial charge in [-0.25, -0.2) is 9.97 Å². The molecule has 0 spiro atoms. The van der Waals surface area contributed by atoms with E-state index in [1.165, 1.54) is 0 Å². The van der Waals surface area contributed by atoms with E-state index < -0.39 is 0 Å². The number of hydrogen-bond acceptors (Lipinski definition) is 4. The van der Waals surface area contributed by atoms with Crippen molar-refractivity contribution in [3.8, 4) is 0 Å². The molecule has 3 rings (SSSR count). The summed E-state index contributed by atoms with van der Waals surface area (Å²) in [5, 5.41) is 0. The first-order valence-corrected chi connectivity index (χ1v) is 6.15. The number of imidazole rings is 1. The van der Waals surface area contributed by atoms with E-state index in [1.54, 1.807) is 6.20 Å². The van der Waals surface area contributed by atoms with Gasteiger partial charge in [-0.15, -0.1) is 0 Å². The molecule has 0 aliphatic rings. The van der Waals surface area contributed by atoms with Crippen molar-refractivity contribution in [3.05, 3.63) is 47.4 Å². The van der Waals surface area contributed by atoms with Crippen molar-refractivity contribution < 1.29 is 0 Å². The third-order valence-electron chi connectivity index (χ3n) is 3.19.